The first kappa shape index (κ1) is 12.2. The lowest BCUT2D eigenvalue weighted by atomic mass is 9.79. The van der Waals surface area contributed by atoms with E-state index < -0.39 is 0 Å². The van der Waals surface area contributed by atoms with Crippen molar-refractivity contribution in [2.75, 3.05) is 0 Å². The molecule has 1 aromatic heterocycles. The Kier molecular flexibility index (Phi) is 3.21. The van der Waals surface area contributed by atoms with Crippen LogP contribution in [0.4, 0.5) is 0 Å². The SMILES string of the molecule is NNC(=O)C1CCC(c2noc3ccccc23)CC1. The number of nitrogens with two attached hydrogens (primary N) is 1. The van der Waals surface area contributed by atoms with E-state index in [-0.39, 0.29) is 11.8 Å². The van der Waals surface area contributed by atoms with Gasteiger partial charge in [0.2, 0.25) is 5.91 Å². The van der Waals surface area contributed by atoms with Crippen LogP contribution in [-0.4, -0.2) is 11.1 Å². The lowest BCUT2D eigenvalue weighted by Crippen LogP contribution is -2.37. The first-order valence-electron chi connectivity index (χ1n) is 6.64. The standard InChI is InChI=1S/C14H17N3O2/c15-16-14(18)10-7-5-9(6-8-10)13-11-3-1-2-4-12(11)19-17-13/h1-4,9-10H,5-8,15H2,(H,16,18). The number of nitrogens with zero attached hydrogens (tertiary/aromatic N) is 1. The molecular weight excluding hydrogens is 242 g/mol. The molecule has 5 heteroatoms. The number of fused-ring (bicyclic) bond motifs is 1. The number of carbonyl (C=O) groups is 1. The summed E-state index contributed by atoms with van der Waals surface area (Å²) in [6.07, 6.45) is 3.62. The fraction of sp³-hybridized carbons (Fsp3) is 0.429. The van der Waals surface area contributed by atoms with Crippen LogP contribution in [0.2, 0.25) is 0 Å². The molecule has 0 radical (unpaired) electrons. The number of para-hydroxylation sites is 1. The minimum atomic E-state index is -0.0524. The van der Waals surface area contributed by atoms with Gasteiger partial charge in [-0.2, -0.15) is 0 Å². The molecule has 19 heavy (non-hydrogen) atoms. The summed E-state index contributed by atoms with van der Waals surface area (Å²) >= 11 is 0. The predicted molar refractivity (Wildman–Crippen MR) is 71.0 cm³/mol. The molecule has 5 nitrogen and oxygen atoms in total. The third kappa shape index (κ3) is 2.21. The van der Waals surface area contributed by atoms with Crippen LogP contribution in [0.15, 0.2) is 28.8 Å². The van der Waals surface area contributed by atoms with Crippen molar-refractivity contribution >= 4 is 16.9 Å². The van der Waals surface area contributed by atoms with Crippen LogP contribution in [-0.2, 0) is 4.79 Å². The molecule has 1 aromatic carbocycles. The van der Waals surface area contributed by atoms with Crippen molar-refractivity contribution in [3.05, 3.63) is 30.0 Å². The van der Waals surface area contributed by atoms with Gasteiger partial charge in [-0.05, 0) is 37.8 Å². The molecule has 0 bridgehead atoms. The monoisotopic (exact) mass is 259 g/mol. The van der Waals surface area contributed by atoms with E-state index in [1.165, 1.54) is 0 Å². The lowest BCUT2D eigenvalue weighted by molar-refractivity contribution is -0.126. The Labute approximate surface area is 111 Å². The highest BCUT2D eigenvalue weighted by molar-refractivity contribution is 5.80. The van der Waals surface area contributed by atoms with Gasteiger partial charge in [0, 0.05) is 17.2 Å². The van der Waals surface area contributed by atoms with Gasteiger partial charge in [-0.25, -0.2) is 5.84 Å². The zero-order valence-electron chi connectivity index (χ0n) is 10.6. The van der Waals surface area contributed by atoms with Crippen molar-refractivity contribution in [1.29, 1.82) is 0 Å². The second kappa shape index (κ2) is 5.01. The molecule has 1 amide bonds. The highest BCUT2D eigenvalue weighted by atomic mass is 16.5. The van der Waals surface area contributed by atoms with Crippen LogP contribution in [0.5, 0.6) is 0 Å². The van der Waals surface area contributed by atoms with Crippen molar-refractivity contribution in [1.82, 2.24) is 10.6 Å². The smallest absolute Gasteiger partial charge is 0.236 e. The van der Waals surface area contributed by atoms with E-state index >= 15 is 0 Å². The fourth-order valence-electron chi connectivity index (χ4n) is 2.95. The Morgan fingerprint density at radius 2 is 2.00 bits per heavy atom. The van der Waals surface area contributed by atoms with E-state index in [2.05, 4.69) is 10.6 Å². The van der Waals surface area contributed by atoms with E-state index in [1.807, 2.05) is 24.3 Å². The van der Waals surface area contributed by atoms with Gasteiger partial charge < -0.3 is 4.52 Å². The second-order valence-corrected chi connectivity index (χ2v) is 5.12. The van der Waals surface area contributed by atoms with Crippen LogP contribution < -0.4 is 11.3 Å². The Balaban J connectivity index is 1.77. The normalized spacial score (nSPS) is 23.4. The number of nitrogens with one attached hydrogen (secondary N) is 1. The minimum Gasteiger partial charge on any atom is -0.356 e. The fourth-order valence-corrected chi connectivity index (χ4v) is 2.95. The Bertz CT molecular complexity index is 585. The zero-order chi connectivity index (χ0) is 13.2. The van der Waals surface area contributed by atoms with Gasteiger partial charge >= 0.3 is 0 Å². The number of hydrogen-bond donors (Lipinski definition) is 2. The summed E-state index contributed by atoms with van der Waals surface area (Å²) in [5, 5.41) is 5.30. The molecule has 3 N–H and O–H groups in total. The average Bonchev–Trinajstić information content (AvgIpc) is 2.90. The summed E-state index contributed by atoms with van der Waals surface area (Å²) < 4.78 is 5.35. The molecule has 100 valence electrons. The van der Waals surface area contributed by atoms with E-state index in [1.54, 1.807) is 0 Å². The molecule has 3 rings (SSSR count). The number of benzene rings is 1. The number of amides is 1. The molecule has 1 heterocycles. The summed E-state index contributed by atoms with van der Waals surface area (Å²) in [6, 6.07) is 7.91. The Morgan fingerprint density at radius 1 is 1.26 bits per heavy atom. The van der Waals surface area contributed by atoms with Gasteiger partial charge in [-0.3, -0.25) is 10.2 Å². The van der Waals surface area contributed by atoms with E-state index in [0.717, 1.165) is 42.3 Å². The summed E-state index contributed by atoms with van der Waals surface area (Å²) in [5.41, 5.74) is 4.10. The average molecular weight is 259 g/mol. The second-order valence-electron chi connectivity index (χ2n) is 5.12. The highest BCUT2D eigenvalue weighted by Gasteiger charge is 2.29. The first-order valence-corrected chi connectivity index (χ1v) is 6.64. The number of rotatable bonds is 2. The third-order valence-corrected chi connectivity index (χ3v) is 4.03. The quantitative estimate of drug-likeness (QED) is 0.491. The maximum Gasteiger partial charge on any atom is 0.236 e. The third-order valence-electron chi connectivity index (χ3n) is 4.03. The molecule has 1 fully saturated rings. The van der Waals surface area contributed by atoms with Gasteiger partial charge in [0.15, 0.2) is 5.58 Å². The summed E-state index contributed by atoms with van der Waals surface area (Å²) in [4.78, 5) is 11.5. The van der Waals surface area contributed by atoms with Crippen molar-refractivity contribution in [3.63, 3.8) is 0 Å². The van der Waals surface area contributed by atoms with Gasteiger partial charge in [0.25, 0.3) is 0 Å². The summed E-state index contributed by atoms with van der Waals surface area (Å²) in [6.45, 7) is 0. The topological polar surface area (TPSA) is 81.1 Å². The zero-order valence-corrected chi connectivity index (χ0v) is 10.6. The van der Waals surface area contributed by atoms with Crippen molar-refractivity contribution in [2.24, 2.45) is 11.8 Å². The number of aromatic nitrogens is 1. The van der Waals surface area contributed by atoms with E-state index in [9.17, 15) is 4.79 Å². The van der Waals surface area contributed by atoms with Crippen molar-refractivity contribution < 1.29 is 9.32 Å². The largest absolute Gasteiger partial charge is 0.356 e. The maximum absolute atomic E-state index is 11.5. The van der Waals surface area contributed by atoms with Gasteiger partial charge in [0.05, 0.1) is 5.69 Å². The first-order chi connectivity index (χ1) is 9.29. The number of hydrogen-bond acceptors (Lipinski definition) is 4. The van der Waals surface area contributed by atoms with Gasteiger partial charge in [-0.15, -0.1) is 0 Å². The van der Waals surface area contributed by atoms with Crippen molar-refractivity contribution in [3.8, 4) is 0 Å². The maximum atomic E-state index is 11.5. The van der Waals surface area contributed by atoms with Gasteiger partial charge in [0.1, 0.15) is 0 Å². The van der Waals surface area contributed by atoms with Gasteiger partial charge in [-0.1, -0.05) is 17.3 Å². The number of hydrazine groups is 1. The Morgan fingerprint density at radius 3 is 2.74 bits per heavy atom. The number of carbonyl (C=O) groups excluding carboxylic acids is 1. The van der Waals surface area contributed by atoms with Crippen LogP contribution in [0.25, 0.3) is 11.0 Å². The molecular formula is C14H17N3O2. The molecule has 0 atom stereocenters. The lowest BCUT2D eigenvalue weighted by Gasteiger charge is -2.26. The Hall–Kier alpha value is -1.88. The highest BCUT2D eigenvalue weighted by Crippen LogP contribution is 2.38. The molecule has 0 saturated heterocycles. The van der Waals surface area contributed by atoms with E-state index in [4.69, 9.17) is 10.4 Å². The van der Waals surface area contributed by atoms with Crippen LogP contribution in [0, 0.1) is 5.92 Å². The summed E-state index contributed by atoms with van der Waals surface area (Å²) in [5.74, 6) is 5.55. The molecule has 0 unspecified atom stereocenters. The van der Waals surface area contributed by atoms with Crippen LogP contribution >= 0.6 is 0 Å². The minimum absolute atomic E-state index is 0.0411. The molecule has 1 saturated carbocycles. The molecule has 2 aromatic rings. The molecule has 0 aliphatic heterocycles. The summed E-state index contributed by atoms with van der Waals surface area (Å²) in [7, 11) is 0. The van der Waals surface area contributed by atoms with Crippen LogP contribution in [0.1, 0.15) is 37.3 Å². The molecule has 1 aliphatic rings. The van der Waals surface area contributed by atoms with Crippen LogP contribution in [0.3, 0.4) is 0 Å². The van der Waals surface area contributed by atoms with E-state index in [0.29, 0.717) is 5.92 Å². The molecule has 1 aliphatic carbocycles. The molecule has 0 spiro atoms. The van der Waals surface area contributed by atoms with Crippen molar-refractivity contribution in [2.45, 2.75) is 31.6 Å². The predicted octanol–water partition coefficient (Wildman–Crippen LogP) is 2.09.